The van der Waals surface area contributed by atoms with E-state index in [0.717, 1.165) is 21.4 Å². The number of likely N-dealkylation sites (tertiary alicyclic amines) is 1. The summed E-state index contributed by atoms with van der Waals surface area (Å²) in [7, 11) is 0. The van der Waals surface area contributed by atoms with Gasteiger partial charge in [0.2, 0.25) is 0 Å². The number of aliphatic imine (C=N–C) groups is 1. The van der Waals surface area contributed by atoms with E-state index in [1.165, 1.54) is 11.8 Å². The summed E-state index contributed by atoms with van der Waals surface area (Å²) < 4.78 is 6.57. The van der Waals surface area contributed by atoms with Gasteiger partial charge in [-0.1, -0.05) is 88.4 Å². The molecule has 5 rings (SSSR count). The van der Waals surface area contributed by atoms with Crippen LogP contribution in [0.3, 0.4) is 0 Å². The third kappa shape index (κ3) is 5.13. The molecule has 35 heavy (non-hydrogen) atoms. The average Bonchev–Trinajstić information content (AvgIpc) is 3.29. The Kier molecular flexibility index (Phi) is 6.92. The zero-order chi connectivity index (χ0) is 24.3. The third-order valence-corrected chi connectivity index (χ3v) is 7.84. The quantitative estimate of drug-likeness (QED) is 0.470. The Labute approximate surface area is 216 Å². The highest BCUT2D eigenvalue weighted by molar-refractivity contribution is 9.10. The summed E-state index contributed by atoms with van der Waals surface area (Å²) in [6.45, 7) is 1.14. The summed E-state index contributed by atoms with van der Waals surface area (Å²) in [6, 6.07) is 26.8. The van der Waals surface area contributed by atoms with Gasteiger partial charge < -0.3 is 15.0 Å². The molecule has 1 fully saturated rings. The number of hydrogen-bond donors (Lipinski definition) is 1. The SMILES string of the molecule is O=C(NC1=NC2(c3cccc(Br)c3)CN(C(=O)OCc3ccccc3)CC2CS1)c1ccccc1. The lowest BCUT2D eigenvalue weighted by atomic mass is 9.82. The zero-order valence-electron chi connectivity index (χ0n) is 18.9. The molecular formula is C27H24BrN3O3S. The Morgan fingerprint density at radius 3 is 2.54 bits per heavy atom. The minimum Gasteiger partial charge on any atom is -0.445 e. The summed E-state index contributed by atoms with van der Waals surface area (Å²) in [5.41, 5.74) is 1.85. The van der Waals surface area contributed by atoms with E-state index >= 15 is 0 Å². The van der Waals surface area contributed by atoms with Gasteiger partial charge in [0.25, 0.3) is 5.91 Å². The predicted octanol–water partition coefficient (Wildman–Crippen LogP) is 5.45. The number of benzene rings is 3. The maximum Gasteiger partial charge on any atom is 0.410 e. The Hall–Kier alpha value is -3.10. The molecule has 0 aromatic heterocycles. The van der Waals surface area contributed by atoms with Crippen LogP contribution >= 0.6 is 27.7 Å². The van der Waals surface area contributed by atoms with E-state index in [4.69, 9.17) is 9.73 Å². The fourth-order valence-corrected chi connectivity index (χ4v) is 6.07. The third-order valence-electron chi connectivity index (χ3n) is 6.31. The van der Waals surface area contributed by atoms with Gasteiger partial charge in [0, 0.05) is 28.3 Å². The van der Waals surface area contributed by atoms with Crippen LogP contribution in [-0.4, -0.2) is 40.9 Å². The molecule has 1 saturated heterocycles. The molecule has 0 radical (unpaired) electrons. The molecule has 0 spiro atoms. The standard InChI is InChI=1S/C27H24BrN3O3S/c28-23-13-7-12-21(14-23)27-18-31(26(33)34-16-19-8-3-1-4-9-19)15-22(27)17-35-25(30-27)29-24(32)20-10-5-2-6-11-20/h1-14,22H,15-18H2,(H,29,30,32). The maximum atomic E-state index is 13.0. The molecular weight excluding hydrogens is 526 g/mol. The number of thioether (sulfide) groups is 1. The topological polar surface area (TPSA) is 71.0 Å². The Morgan fingerprint density at radius 1 is 1.06 bits per heavy atom. The van der Waals surface area contributed by atoms with E-state index in [1.807, 2.05) is 72.8 Å². The second-order valence-corrected chi connectivity index (χ2v) is 10.5. The smallest absolute Gasteiger partial charge is 0.410 e. The van der Waals surface area contributed by atoms with Crippen molar-refractivity contribution in [3.05, 3.63) is 106 Å². The average molecular weight is 550 g/mol. The monoisotopic (exact) mass is 549 g/mol. The van der Waals surface area contributed by atoms with Gasteiger partial charge in [-0.25, -0.2) is 9.79 Å². The second kappa shape index (κ2) is 10.3. The van der Waals surface area contributed by atoms with Crippen molar-refractivity contribution in [1.82, 2.24) is 10.2 Å². The number of carbonyl (C=O) groups excluding carboxylic acids is 2. The van der Waals surface area contributed by atoms with E-state index in [9.17, 15) is 9.59 Å². The first-order valence-corrected chi connectivity index (χ1v) is 13.1. The lowest BCUT2D eigenvalue weighted by Crippen LogP contribution is -2.42. The van der Waals surface area contributed by atoms with Crippen molar-refractivity contribution >= 4 is 44.9 Å². The summed E-state index contributed by atoms with van der Waals surface area (Å²) in [4.78, 5) is 32.6. The maximum absolute atomic E-state index is 13.0. The van der Waals surface area contributed by atoms with Gasteiger partial charge in [-0.15, -0.1) is 0 Å². The molecule has 6 nitrogen and oxygen atoms in total. The summed E-state index contributed by atoms with van der Waals surface area (Å²) in [5.74, 6) is 0.614. The number of nitrogens with one attached hydrogen (secondary N) is 1. The van der Waals surface area contributed by atoms with E-state index in [2.05, 4.69) is 21.2 Å². The molecule has 0 bridgehead atoms. The first-order valence-electron chi connectivity index (χ1n) is 11.3. The molecule has 1 N–H and O–H groups in total. The lowest BCUT2D eigenvalue weighted by molar-refractivity contribution is 0.0975. The minimum absolute atomic E-state index is 0.0865. The molecule has 2 aliphatic heterocycles. The molecule has 2 atom stereocenters. The molecule has 0 aliphatic carbocycles. The van der Waals surface area contributed by atoms with Crippen molar-refractivity contribution in [2.24, 2.45) is 10.9 Å². The summed E-state index contributed by atoms with van der Waals surface area (Å²) in [5, 5.41) is 3.54. The molecule has 178 valence electrons. The molecule has 2 unspecified atom stereocenters. The van der Waals surface area contributed by atoms with Gasteiger partial charge in [-0.2, -0.15) is 0 Å². The van der Waals surface area contributed by atoms with E-state index in [0.29, 0.717) is 23.8 Å². The molecule has 3 aromatic rings. The summed E-state index contributed by atoms with van der Waals surface area (Å²) >= 11 is 5.09. The van der Waals surface area contributed by atoms with Crippen molar-refractivity contribution in [2.45, 2.75) is 12.1 Å². The van der Waals surface area contributed by atoms with Crippen LogP contribution < -0.4 is 5.32 Å². The van der Waals surface area contributed by atoms with Crippen LogP contribution in [0.25, 0.3) is 0 Å². The number of carbonyl (C=O) groups is 2. The van der Waals surface area contributed by atoms with Gasteiger partial charge >= 0.3 is 6.09 Å². The molecule has 2 amide bonds. The van der Waals surface area contributed by atoms with Crippen LogP contribution in [0, 0.1) is 5.92 Å². The number of hydrogen-bond acceptors (Lipinski definition) is 5. The van der Waals surface area contributed by atoms with Crippen molar-refractivity contribution < 1.29 is 14.3 Å². The molecule has 3 aromatic carbocycles. The van der Waals surface area contributed by atoms with Gasteiger partial charge in [-0.3, -0.25) is 4.79 Å². The van der Waals surface area contributed by atoms with Gasteiger partial charge in [0.1, 0.15) is 12.1 Å². The molecule has 8 heteroatoms. The number of fused-ring (bicyclic) bond motifs is 1. The van der Waals surface area contributed by atoms with Gasteiger partial charge in [0.05, 0.1) is 6.54 Å². The van der Waals surface area contributed by atoms with Crippen molar-refractivity contribution in [3.8, 4) is 0 Å². The number of rotatable bonds is 4. The van der Waals surface area contributed by atoms with Crippen molar-refractivity contribution in [3.63, 3.8) is 0 Å². The van der Waals surface area contributed by atoms with Crippen LogP contribution in [-0.2, 0) is 16.9 Å². The van der Waals surface area contributed by atoms with E-state index < -0.39 is 5.54 Å². The Balaban J connectivity index is 1.40. The highest BCUT2D eigenvalue weighted by Crippen LogP contribution is 2.46. The van der Waals surface area contributed by atoms with Crippen LogP contribution in [0.1, 0.15) is 21.5 Å². The van der Waals surface area contributed by atoms with E-state index in [1.54, 1.807) is 17.0 Å². The molecule has 0 saturated carbocycles. The number of halogens is 1. The largest absolute Gasteiger partial charge is 0.445 e. The number of ether oxygens (including phenoxy) is 1. The van der Waals surface area contributed by atoms with Crippen LogP contribution in [0.4, 0.5) is 4.79 Å². The normalized spacial score (nSPS) is 21.1. The minimum atomic E-state index is -0.667. The number of amides is 2. The van der Waals surface area contributed by atoms with Crippen molar-refractivity contribution in [1.29, 1.82) is 0 Å². The zero-order valence-corrected chi connectivity index (χ0v) is 21.3. The Bertz CT molecular complexity index is 1250. The lowest BCUT2D eigenvalue weighted by Gasteiger charge is -2.35. The number of amidine groups is 1. The molecule has 2 aliphatic rings. The highest BCUT2D eigenvalue weighted by Gasteiger charge is 2.52. The van der Waals surface area contributed by atoms with Crippen LogP contribution in [0.5, 0.6) is 0 Å². The van der Waals surface area contributed by atoms with E-state index in [-0.39, 0.29) is 24.5 Å². The van der Waals surface area contributed by atoms with Crippen LogP contribution in [0.15, 0.2) is 94.4 Å². The first kappa shape index (κ1) is 23.6. The first-order chi connectivity index (χ1) is 17.0. The van der Waals surface area contributed by atoms with Gasteiger partial charge in [-0.05, 0) is 35.4 Å². The highest BCUT2D eigenvalue weighted by atomic mass is 79.9. The van der Waals surface area contributed by atoms with Gasteiger partial charge in [0.15, 0.2) is 5.17 Å². The second-order valence-electron chi connectivity index (χ2n) is 8.60. The molecule has 2 heterocycles. The predicted molar refractivity (Wildman–Crippen MR) is 141 cm³/mol. The van der Waals surface area contributed by atoms with Crippen molar-refractivity contribution in [2.75, 3.05) is 18.8 Å². The number of nitrogens with zero attached hydrogens (tertiary/aromatic N) is 2. The summed E-state index contributed by atoms with van der Waals surface area (Å²) in [6.07, 6.45) is -0.354. The fourth-order valence-electron chi connectivity index (χ4n) is 4.53. The Morgan fingerprint density at radius 2 is 1.80 bits per heavy atom. The van der Waals surface area contributed by atoms with Crippen LogP contribution in [0.2, 0.25) is 0 Å². The fraction of sp³-hybridized carbons (Fsp3) is 0.222.